The summed E-state index contributed by atoms with van der Waals surface area (Å²) in [5.74, 6) is 0.112. The van der Waals surface area contributed by atoms with E-state index in [9.17, 15) is 9.59 Å². The molecule has 0 aliphatic carbocycles. The van der Waals surface area contributed by atoms with Gasteiger partial charge in [0.1, 0.15) is 0 Å². The van der Waals surface area contributed by atoms with Crippen LogP contribution in [0.1, 0.15) is 44.5 Å². The molecule has 6 heteroatoms. The molecule has 1 aromatic heterocycles. The molecule has 0 saturated heterocycles. The highest BCUT2D eigenvalue weighted by molar-refractivity contribution is 6.03. The van der Waals surface area contributed by atoms with E-state index in [1.54, 1.807) is 36.4 Å². The lowest BCUT2D eigenvalue weighted by atomic mass is 10.1. The van der Waals surface area contributed by atoms with Gasteiger partial charge >= 0.3 is 0 Å². The molecule has 0 aliphatic heterocycles. The summed E-state index contributed by atoms with van der Waals surface area (Å²) in [6.07, 6.45) is 0. The zero-order chi connectivity index (χ0) is 20.3. The minimum absolute atomic E-state index is 0.0620. The summed E-state index contributed by atoms with van der Waals surface area (Å²) in [7, 11) is 0. The molecule has 0 radical (unpaired) electrons. The van der Waals surface area contributed by atoms with Gasteiger partial charge in [0.05, 0.1) is 0 Å². The summed E-state index contributed by atoms with van der Waals surface area (Å²) < 4.78 is 0. The molecule has 1 amide bonds. The number of Topliss-reactive ketones (excluding diaryl/α,β-unsaturated/α-hetero) is 1. The lowest BCUT2D eigenvalue weighted by molar-refractivity contribution is 0.100. The maximum atomic E-state index is 12.4. The summed E-state index contributed by atoms with van der Waals surface area (Å²) in [6, 6.07) is 14.3. The summed E-state index contributed by atoms with van der Waals surface area (Å²) in [4.78, 5) is 23.9. The van der Waals surface area contributed by atoms with Crippen molar-refractivity contribution in [3.63, 3.8) is 0 Å². The van der Waals surface area contributed by atoms with Crippen molar-refractivity contribution in [1.82, 2.24) is 10.2 Å². The molecule has 0 saturated carbocycles. The molecule has 0 atom stereocenters. The Bertz CT molecular complexity index is 1020. The van der Waals surface area contributed by atoms with Gasteiger partial charge in [0.25, 0.3) is 5.91 Å². The molecule has 0 fully saturated rings. The lowest BCUT2D eigenvalue weighted by Gasteiger charge is -2.13. The minimum Gasteiger partial charge on any atom is -0.338 e. The fourth-order valence-corrected chi connectivity index (χ4v) is 3.04. The quantitative estimate of drug-likeness (QED) is 0.638. The normalized spacial score (nSPS) is 10.4. The highest BCUT2D eigenvalue weighted by Crippen LogP contribution is 2.24. The van der Waals surface area contributed by atoms with Crippen molar-refractivity contribution in [3.8, 4) is 0 Å². The van der Waals surface area contributed by atoms with Crippen molar-refractivity contribution < 1.29 is 9.59 Å². The number of anilines is 3. The fraction of sp³-hybridized carbons (Fsp3) is 0.182. The Morgan fingerprint density at radius 3 is 2.21 bits per heavy atom. The molecule has 0 aliphatic rings. The van der Waals surface area contributed by atoms with E-state index in [-0.39, 0.29) is 17.4 Å². The van der Waals surface area contributed by atoms with Crippen LogP contribution in [-0.2, 0) is 0 Å². The maximum absolute atomic E-state index is 12.4. The number of nitrogens with zero attached hydrogens (tertiary/aromatic N) is 2. The Labute approximate surface area is 164 Å². The number of ketones is 1. The fourth-order valence-electron chi connectivity index (χ4n) is 3.04. The van der Waals surface area contributed by atoms with Gasteiger partial charge in [-0.3, -0.25) is 9.59 Å². The van der Waals surface area contributed by atoms with E-state index in [1.807, 2.05) is 13.8 Å². The van der Waals surface area contributed by atoms with Crippen LogP contribution in [0.5, 0.6) is 0 Å². The third-order valence-corrected chi connectivity index (χ3v) is 4.35. The molecule has 28 heavy (non-hydrogen) atoms. The molecule has 0 unspecified atom stereocenters. The van der Waals surface area contributed by atoms with E-state index < -0.39 is 0 Å². The van der Waals surface area contributed by atoms with E-state index in [0.29, 0.717) is 17.1 Å². The smallest absolute Gasteiger partial charge is 0.276 e. The summed E-state index contributed by atoms with van der Waals surface area (Å²) in [6.45, 7) is 7.61. The van der Waals surface area contributed by atoms with Crippen molar-refractivity contribution >= 4 is 28.9 Å². The zero-order valence-electron chi connectivity index (χ0n) is 16.3. The number of aryl methyl sites for hydroxylation is 3. The number of carbonyl (C=O) groups is 2. The largest absolute Gasteiger partial charge is 0.338 e. The third kappa shape index (κ3) is 4.40. The average Bonchev–Trinajstić information content (AvgIpc) is 2.65. The average molecular weight is 374 g/mol. The molecule has 3 rings (SSSR count). The molecule has 2 N–H and O–H groups in total. The molecule has 0 bridgehead atoms. The maximum Gasteiger partial charge on any atom is 0.276 e. The number of amides is 1. The minimum atomic E-state index is -0.387. The molecule has 2 aromatic carbocycles. The Kier molecular flexibility index (Phi) is 5.49. The van der Waals surface area contributed by atoms with Gasteiger partial charge in [0, 0.05) is 16.9 Å². The number of carbonyl (C=O) groups excluding carboxylic acids is 2. The number of rotatable bonds is 5. The topological polar surface area (TPSA) is 84.0 Å². The predicted molar refractivity (Wildman–Crippen MR) is 110 cm³/mol. The van der Waals surface area contributed by atoms with Gasteiger partial charge in [-0.1, -0.05) is 29.8 Å². The van der Waals surface area contributed by atoms with Crippen molar-refractivity contribution in [2.24, 2.45) is 0 Å². The Balaban J connectivity index is 1.73. The van der Waals surface area contributed by atoms with E-state index in [0.717, 1.165) is 16.8 Å². The van der Waals surface area contributed by atoms with Crippen LogP contribution >= 0.6 is 0 Å². The molecule has 0 spiro atoms. The van der Waals surface area contributed by atoms with Crippen LogP contribution in [0.4, 0.5) is 17.2 Å². The molecule has 142 valence electrons. The number of benzene rings is 2. The van der Waals surface area contributed by atoms with Gasteiger partial charge in [-0.05, 0) is 63.1 Å². The summed E-state index contributed by atoms with van der Waals surface area (Å²) in [5, 5.41) is 14.1. The van der Waals surface area contributed by atoms with Gasteiger partial charge < -0.3 is 10.6 Å². The standard InChI is InChI=1S/C22H22N4O2/c1-13-10-14(2)21(15(3)11-13)24-20-9-8-19(25-26-20)22(28)23-18-7-5-6-17(12-18)16(4)27/h5-12H,1-4H3,(H,23,28)(H,24,26). The summed E-state index contributed by atoms with van der Waals surface area (Å²) >= 11 is 0. The lowest BCUT2D eigenvalue weighted by Crippen LogP contribution is -2.15. The van der Waals surface area contributed by atoms with Crippen LogP contribution < -0.4 is 10.6 Å². The van der Waals surface area contributed by atoms with Crippen LogP contribution in [0.3, 0.4) is 0 Å². The summed E-state index contributed by atoms with van der Waals surface area (Å²) in [5.41, 5.74) is 5.68. The van der Waals surface area contributed by atoms with Gasteiger partial charge in [-0.2, -0.15) is 0 Å². The molecular weight excluding hydrogens is 352 g/mol. The van der Waals surface area contributed by atoms with Gasteiger partial charge in [-0.15, -0.1) is 10.2 Å². The van der Waals surface area contributed by atoms with Crippen molar-refractivity contribution in [2.75, 3.05) is 10.6 Å². The first kappa shape index (κ1) is 19.2. The number of hydrogen-bond acceptors (Lipinski definition) is 5. The van der Waals surface area contributed by atoms with E-state index in [4.69, 9.17) is 0 Å². The third-order valence-electron chi connectivity index (χ3n) is 4.35. The van der Waals surface area contributed by atoms with E-state index in [2.05, 4.69) is 39.9 Å². The monoisotopic (exact) mass is 374 g/mol. The Morgan fingerprint density at radius 2 is 1.61 bits per heavy atom. The van der Waals surface area contributed by atoms with Gasteiger partial charge in [0.15, 0.2) is 17.3 Å². The van der Waals surface area contributed by atoms with Crippen LogP contribution in [0, 0.1) is 20.8 Å². The van der Waals surface area contributed by atoms with Gasteiger partial charge in [0.2, 0.25) is 0 Å². The van der Waals surface area contributed by atoms with Crippen molar-refractivity contribution in [1.29, 1.82) is 0 Å². The SMILES string of the molecule is CC(=O)c1cccc(NC(=O)c2ccc(Nc3c(C)cc(C)cc3C)nn2)c1. The van der Waals surface area contributed by atoms with Crippen molar-refractivity contribution in [3.05, 3.63) is 76.5 Å². The second kappa shape index (κ2) is 8.00. The highest BCUT2D eigenvalue weighted by Gasteiger charge is 2.11. The molecule has 3 aromatic rings. The Hall–Kier alpha value is -3.54. The molecular formula is C22H22N4O2. The predicted octanol–water partition coefficient (Wildman–Crippen LogP) is 4.60. The van der Waals surface area contributed by atoms with E-state index >= 15 is 0 Å². The first-order chi connectivity index (χ1) is 13.3. The van der Waals surface area contributed by atoms with Crippen molar-refractivity contribution in [2.45, 2.75) is 27.7 Å². The molecule has 6 nitrogen and oxygen atoms in total. The Morgan fingerprint density at radius 1 is 0.893 bits per heavy atom. The zero-order valence-corrected chi connectivity index (χ0v) is 16.3. The second-order valence-electron chi connectivity index (χ2n) is 6.79. The highest BCUT2D eigenvalue weighted by atomic mass is 16.2. The van der Waals surface area contributed by atoms with Crippen LogP contribution in [-0.4, -0.2) is 21.9 Å². The van der Waals surface area contributed by atoms with Gasteiger partial charge in [-0.25, -0.2) is 0 Å². The molecule has 1 heterocycles. The first-order valence-corrected chi connectivity index (χ1v) is 8.94. The number of nitrogens with one attached hydrogen (secondary N) is 2. The first-order valence-electron chi connectivity index (χ1n) is 8.94. The van der Waals surface area contributed by atoms with Crippen LogP contribution in [0.25, 0.3) is 0 Å². The number of hydrogen-bond donors (Lipinski definition) is 2. The van der Waals surface area contributed by atoms with Crippen LogP contribution in [0.15, 0.2) is 48.5 Å². The van der Waals surface area contributed by atoms with E-state index in [1.165, 1.54) is 12.5 Å². The number of aromatic nitrogens is 2. The van der Waals surface area contributed by atoms with Crippen LogP contribution in [0.2, 0.25) is 0 Å². The second-order valence-corrected chi connectivity index (χ2v) is 6.79.